The Labute approximate surface area is 102 Å². The summed E-state index contributed by atoms with van der Waals surface area (Å²) in [5.41, 5.74) is 0. The van der Waals surface area contributed by atoms with E-state index in [0.29, 0.717) is 0 Å². The van der Waals surface area contributed by atoms with Gasteiger partial charge in [0.05, 0.1) is 24.2 Å². The lowest BCUT2D eigenvalue weighted by Crippen LogP contribution is -2.39. The summed E-state index contributed by atoms with van der Waals surface area (Å²) < 4.78 is 26.4. The fourth-order valence-electron chi connectivity index (χ4n) is 1.03. The Morgan fingerprint density at radius 3 is 2.12 bits per heavy atom. The van der Waals surface area contributed by atoms with Crippen LogP contribution in [0.25, 0.3) is 0 Å². The largest absolute Gasteiger partial charge is 0.395 e. The Morgan fingerprint density at radius 1 is 1.19 bits per heavy atom. The Hall–Kier alpha value is -0.470. The molecule has 3 N–H and O–H groups in total. The van der Waals surface area contributed by atoms with Crippen molar-refractivity contribution in [3.05, 3.63) is 28.7 Å². The third-order valence-electron chi connectivity index (χ3n) is 1.89. The first-order chi connectivity index (χ1) is 7.49. The predicted molar refractivity (Wildman–Crippen MR) is 62.4 cm³/mol. The number of aliphatic hydroxyl groups is 2. The van der Waals surface area contributed by atoms with Crippen LogP contribution in [-0.2, 0) is 10.0 Å². The zero-order valence-electron chi connectivity index (χ0n) is 8.30. The zero-order chi connectivity index (χ0) is 12.2. The van der Waals surface area contributed by atoms with E-state index in [1.165, 1.54) is 12.1 Å². The van der Waals surface area contributed by atoms with Gasteiger partial charge in [0.25, 0.3) is 0 Å². The predicted octanol–water partition coefficient (Wildman–Crippen LogP) is 0.0806. The van der Waals surface area contributed by atoms with Crippen LogP contribution >= 0.6 is 15.9 Å². The van der Waals surface area contributed by atoms with Gasteiger partial charge in [-0.2, -0.15) is 0 Å². The van der Waals surface area contributed by atoms with Crippen molar-refractivity contribution in [2.24, 2.45) is 0 Å². The molecule has 0 fully saturated rings. The Kier molecular flexibility index (Phi) is 4.88. The van der Waals surface area contributed by atoms with Gasteiger partial charge in [-0.15, -0.1) is 0 Å². The van der Waals surface area contributed by atoms with Gasteiger partial charge in [-0.3, -0.25) is 0 Å². The van der Waals surface area contributed by atoms with Gasteiger partial charge >= 0.3 is 0 Å². The number of sulfonamides is 1. The van der Waals surface area contributed by atoms with E-state index in [9.17, 15) is 8.42 Å². The second kappa shape index (κ2) is 5.74. The van der Waals surface area contributed by atoms with Gasteiger partial charge in [0.15, 0.2) is 0 Å². The highest BCUT2D eigenvalue weighted by molar-refractivity contribution is 9.10. The first-order valence-corrected chi connectivity index (χ1v) is 6.77. The topological polar surface area (TPSA) is 86.6 Å². The standard InChI is InChI=1S/C9H12BrNO4S/c10-7-1-3-9(4-2-7)16(14,15)11-8(5-12)6-13/h1-4,8,11-13H,5-6H2. The summed E-state index contributed by atoms with van der Waals surface area (Å²) in [4.78, 5) is 0.0857. The fraction of sp³-hybridized carbons (Fsp3) is 0.333. The average molecular weight is 310 g/mol. The van der Waals surface area contributed by atoms with Gasteiger partial charge in [-0.1, -0.05) is 15.9 Å². The summed E-state index contributed by atoms with van der Waals surface area (Å²) in [6.45, 7) is -0.904. The first-order valence-electron chi connectivity index (χ1n) is 4.49. The normalized spacial score (nSPS) is 12.0. The molecule has 0 aliphatic carbocycles. The van der Waals surface area contributed by atoms with Gasteiger partial charge in [0.2, 0.25) is 10.0 Å². The van der Waals surface area contributed by atoms with Crippen LogP contribution in [0.3, 0.4) is 0 Å². The van der Waals surface area contributed by atoms with E-state index in [4.69, 9.17) is 10.2 Å². The zero-order valence-corrected chi connectivity index (χ0v) is 10.7. The average Bonchev–Trinajstić information content (AvgIpc) is 2.26. The number of benzene rings is 1. The van der Waals surface area contributed by atoms with Gasteiger partial charge in [0, 0.05) is 4.47 Å². The quantitative estimate of drug-likeness (QED) is 0.719. The number of rotatable bonds is 5. The lowest BCUT2D eigenvalue weighted by molar-refractivity contribution is 0.185. The van der Waals surface area contributed by atoms with E-state index in [1.807, 2.05) is 0 Å². The summed E-state index contributed by atoms with van der Waals surface area (Å²) in [5.74, 6) is 0. The van der Waals surface area contributed by atoms with Crippen molar-refractivity contribution >= 4 is 26.0 Å². The molecule has 0 heterocycles. The molecule has 5 nitrogen and oxygen atoms in total. The van der Waals surface area contributed by atoms with Crippen LogP contribution in [0.2, 0.25) is 0 Å². The van der Waals surface area contributed by atoms with E-state index in [-0.39, 0.29) is 4.90 Å². The molecular weight excluding hydrogens is 298 g/mol. The Morgan fingerprint density at radius 2 is 1.69 bits per heavy atom. The van der Waals surface area contributed by atoms with E-state index in [2.05, 4.69) is 20.7 Å². The third kappa shape index (κ3) is 3.53. The van der Waals surface area contributed by atoms with Crippen LogP contribution in [-0.4, -0.2) is 37.9 Å². The molecule has 0 aliphatic heterocycles. The summed E-state index contributed by atoms with van der Waals surface area (Å²) in [7, 11) is -3.69. The van der Waals surface area contributed by atoms with Crippen LogP contribution in [0.5, 0.6) is 0 Å². The highest BCUT2D eigenvalue weighted by atomic mass is 79.9. The minimum Gasteiger partial charge on any atom is -0.395 e. The molecule has 0 unspecified atom stereocenters. The number of hydrogen-bond donors (Lipinski definition) is 3. The van der Waals surface area contributed by atoms with Gasteiger partial charge in [0.1, 0.15) is 0 Å². The highest BCUT2D eigenvalue weighted by Gasteiger charge is 2.18. The first kappa shape index (κ1) is 13.6. The van der Waals surface area contributed by atoms with Crippen molar-refractivity contribution in [3.63, 3.8) is 0 Å². The number of nitrogens with one attached hydrogen (secondary N) is 1. The van der Waals surface area contributed by atoms with Crippen molar-refractivity contribution in [1.29, 1.82) is 0 Å². The van der Waals surface area contributed by atoms with Crippen LogP contribution in [0, 0.1) is 0 Å². The Balaban J connectivity index is 2.89. The van der Waals surface area contributed by atoms with Gasteiger partial charge < -0.3 is 10.2 Å². The molecule has 0 saturated carbocycles. The second-order valence-electron chi connectivity index (χ2n) is 3.14. The maximum Gasteiger partial charge on any atom is 0.240 e. The number of aliphatic hydroxyl groups excluding tert-OH is 2. The molecule has 1 rings (SSSR count). The molecule has 1 aromatic rings. The summed E-state index contributed by atoms with van der Waals surface area (Å²) >= 11 is 3.20. The molecule has 0 atom stereocenters. The number of hydrogen-bond acceptors (Lipinski definition) is 4. The van der Waals surface area contributed by atoms with E-state index in [1.54, 1.807) is 12.1 Å². The van der Waals surface area contributed by atoms with E-state index < -0.39 is 29.3 Å². The third-order valence-corrected chi connectivity index (χ3v) is 3.95. The molecule has 0 aromatic heterocycles. The summed E-state index contributed by atoms with van der Waals surface area (Å²) in [6, 6.07) is 5.17. The minimum atomic E-state index is -3.69. The maximum atomic E-state index is 11.7. The monoisotopic (exact) mass is 309 g/mol. The minimum absolute atomic E-state index is 0.0857. The lowest BCUT2D eigenvalue weighted by Gasteiger charge is -2.13. The Bertz CT molecular complexity index is 427. The molecule has 16 heavy (non-hydrogen) atoms. The molecule has 7 heteroatoms. The van der Waals surface area contributed by atoms with Crippen molar-refractivity contribution in [2.75, 3.05) is 13.2 Å². The van der Waals surface area contributed by atoms with Crippen LogP contribution in [0.15, 0.2) is 33.6 Å². The van der Waals surface area contributed by atoms with Crippen LogP contribution in [0.4, 0.5) is 0 Å². The van der Waals surface area contributed by atoms with Gasteiger partial charge in [-0.05, 0) is 24.3 Å². The molecule has 0 aliphatic rings. The van der Waals surface area contributed by atoms with Crippen molar-refractivity contribution < 1.29 is 18.6 Å². The highest BCUT2D eigenvalue weighted by Crippen LogP contribution is 2.14. The molecule has 90 valence electrons. The fourth-order valence-corrected chi connectivity index (χ4v) is 2.52. The maximum absolute atomic E-state index is 11.7. The van der Waals surface area contributed by atoms with E-state index >= 15 is 0 Å². The molecule has 1 aromatic carbocycles. The molecule has 0 radical (unpaired) electrons. The van der Waals surface area contributed by atoms with Crippen LogP contribution < -0.4 is 4.72 Å². The summed E-state index contributed by atoms with van der Waals surface area (Å²) in [6.07, 6.45) is 0. The van der Waals surface area contributed by atoms with Crippen molar-refractivity contribution in [3.8, 4) is 0 Å². The summed E-state index contributed by atoms with van der Waals surface area (Å²) in [5, 5.41) is 17.6. The molecular formula is C9H12BrNO4S. The molecule has 0 amide bonds. The van der Waals surface area contributed by atoms with Crippen molar-refractivity contribution in [1.82, 2.24) is 4.72 Å². The van der Waals surface area contributed by atoms with Gasteiger partial charge in [-0.25, -0.2) is 13.1 Å². The molecule has 0 bridgehead atoms. The molecule has 0 saturated heterocycles. The van der Waals surface area contributed by atoms with Crippen LogP contribution in [0.1, 0.15) is 0 Å². The van der Waals surface area contributed by atoms with Crippen molar-refractivity contribution in [2.45, 2.75) is 10.9 Å². The smallest absolute Gasteiger partial charge is 0.240 e. The second-order valence-corrected chi connectivity index (χ2v) is 5.77. The molecule has 0 spiro atoms. The van der Waals surface area contributed by atoms with E-state index in [0.717, 1.165) is 4.47 Å². The SMILES string of the molecule is O=S(=O)(NC(CO)CO)c1ccc(Br)cc1. The lowest BCUT2D eigenvalue weighted by atomic mass is 10.4. The number of halogens is 1.